The van der Waals surface area contributed by atoms with Gasteiger partial charge < -0.3 is 4.74 Å². The van der Waals surface area contributed by atoms with Crippen LogP contribution in [0, 0.1) is 23.4 Å². The fraction of sp³-hybridized carbons (Fsp3) is 0.316. The molecule has 8 heteroatoms. The Kier molecular flexibility index (Phi) is 5.43. The van der Waals surface area contributed by atoms with Crippen LogP contribution in [0.5, 0.6) is 5.88 Å². The number of methoxy groups -OCH3 is 1. The maximum Gasteiger partial charge on any atom is 0.254 e. The molecular weight excluding hydrogens is 357 g/mol. The Morgan fingerprint density at radius 3 is 2.37 bits per heavy atom. The number of hydrogen-bond donors (Lipinski definition) is 0. The fourth-order valence-electron chi connectivity index (χ4n) is 2.76. The Morgan fingerprint density at radius 2 is 1.81 bits per heavy atom. The van der Waals surface area contributed by atoms with Gasteiger partial charge in [0.05, 0.1) is 23.9 Å². The van der Waals surface area contributed by atoms with Crippen molar-refractivity contribution >= 4 is 0 Å². The molecule has 1 unspecified atom stereocenters. The topological polar surface area (TPSA) is 52.8 Å². The van der Waals surface area contributed by atoms with Crippen LogP contribution >= 0.6 is 0 Å². The summed E-state index contributed by atoms with van der Waals surface area (Å²) in [7, 11) is 1.35. The first-order valence-electron chi connectivity index (χ1n) is 8.54. The third kappa shape index (κ3) is 3.79. The van der Waals surface area contributed by atoms with Gasteiger partial charge in [0.2, 0.25) is 5.88 Å². The maximum absolute atomic E-state index is 14.5. The predicted molar refractivity (Wildman–Crippen MR) is 94.2 cm³/mol. The van der Waals surface area contributed by atoms with Crippen LogP contribution in [0.15, 0.2) is 30.6 Å². The molecule has 1 aromatic carbocycles. The van der Waals surface area contributed by atoms with Crippen molar-refractivity contribution in [1.82, 2.24) is 19.7 Å². The highest BCUT2D eigenvalue weighted by Gasteiger charge is 2.25. The van der Waals surface area contributed by atoms with Crippen LogP contribution in [0.1, 0.15) is 26.0 Å². The Balaban J connectivity index is 2.28. The van der Waals surface area contributed by atoms with Crippen LogP contribution in [0.2, 0.25) is 0 Å². The second kappa shape index (κ2) is 7.77. The summed E-state index contributed by atoms with van der Waals surface area (Å²) in [6.07, 6.45) is 4.50. The van der Waals surface area contributed by atoms with Gasteiger partial charge in [-0.05, 0) is 18.4 Å². The molecule has 0 aliphatic heterocycles. The average molecular weight is 376 g/mol. The lowest BCUT2D eigenvalue weighted by Crippen LogP contribution is -2.12. The molecule has 0 radical (unpaired) electrons. The van der Waals surface area contributed by atoms with Crippen molar-refractivity contribution in [3.63, 3.8) is 0 Å². The third-order valence-electron chi connectivity index (χ3n) is 4.34. The SMILES string of the molecule is CCC(C)Cc1nc(-n2cccn2)nc(OC)c1-c1c(F)cc(F)cc1F. The number of ether oxygens (including phenoxy) is 1. The fourth-order valence-corrected chi connectivity index (χ4v) is 2.76. The van der Waals surface area contributed by atoms with Crippen LogP contribution in [-0.2, 0) is 6.42 Å². The van der Waals surface area contributed by atoms with Gasteiger partial charge in [-0.2, -0.15) is 10.1 Å². The van der Waals surface area contributed by atoms with E-state index in [0.717, 1.165) is 6.42 Å². The van der Waals surface area contributed by atoms with E-state index in [9.17, 15) is 13.2 Å². The smallest absolute Gasteiger partial charge is 0.254 e. The summed E-state index contributed by atoms with van der Waals surface area (Å²) >= 11 is 0. The van der Waals surface area contributed by atoms with Crippen LogP contribution in [0.25, 0.3) is 17.1 Å². The Morgan fingerprint density at radius 1 is 1.11 bits per heavy atom. The molecule has 3 rings (SSSR count). The van der Waals surface area contributed by atoms with E-state index in [0.29, 0.717) is 24.2 Å². The number of rotatable bonds is 6. The molecular formula is C19H19F3N4O. The Bertz CT molecular complexity index is 921. The van der Waals surface area contributed by atoms with E-state index in [1.54, 1.807) is 18.5 Å². The third-order valence-corrected chi connectivity index (χ3v) is 4.34. The quantitative estimate of drug-likeness (QED) is 0.642. The minimum Gasteiger partial charge on any atom is -0.480 e. The molecule has 27 heavy (non-hydrogen) atoms. The van der Waals surface area contributed by atoms with Gasteiger partial charge in [0, 0.05) is 24.5 Å². The number of hydrogen-bond acceptors (Lipinski definition) is 4. The Hall–Kier alpha value is -2.90. The van der Waals surface area contributed by atoms with Crippen LogP contribution in [0.4, 0.5) is 13.2 Å². The highest BCUT2D eigenvalue weighted by Crippen LogP contribution is 2.37. The summed E-state index contributed by atoms with van der Waals surface area (Å²) in [6, 6.07) is 2.97. The molecule has 0 aliphatic rings. The van der Waals surface area contributed by atoms with Crippen molar-refractivity contribution in [2.45, 2.75) is 26.7 Å². The Labute approximate surface area is 154 Å². The van der Waals surface area contributed by atoms with Crippen LogP contribution < -0.4 is 4.74 Å². The lowest BCUT2D eigenvalue weighted by atomic mass is 9.95. The van der Waals surface area contributed by atoms with E-state index in [-0.39, 0.29) is 23.3 Å². The highest BCUT2D eigenvalue weighted by molar-refractivity contribution is 5.72. The van der Waals surface area contributed by atoms with Gasteiger partial charge in [-0.1, -0.05) is 20.3 Å². The van der Waals surface area contributed by atoms with Gasteiger partial charge in [-0.3, -0.25) is 0 Å². The number of aromatic nitrogens is 4. The van der Waals surface area contributed by atoms with Gasteiger partial charge in [-0.25, -0.2) is 22.8 Å². The largest absolute Gasteiger partial charge is 0.480 e. The molecule has 3 aromatic rings. The molecule has 0 saturated heterocycles. The number of nitrogens with zero attached hydrogens (tertiary/aromatic N) is 4. The van der Waals surface area contributed by atoms with E-state index < -0.39 is 23.0 Å². The molecule has 0 N–H and O–H groups in total. The number of halogens is 3. The van der Waals surface area contributed by atoms with E-state index in [1.165, 1.54) is 11.8 Å². The average Bonchev–Trinajstić information content (AvgIpc) is 3.16. The minimum atomic E-state index is -1.04. The van der Waals surface area contributed by atoms with E-state index >= 15 is 0 Å². The monoisotopic (exact) mass is 376 g/mol. The molecule has 2 aromatic heterocycles. The lowest BCUT2D eigenvalue weighted by Gasteiger charge is -2.17. The molecule has 1 atom stereocenters. The van der Waals surface area contributed by atoms with Gasteiger partial charge >= 0.3 is 0 Å². The van der Waals surface area contributed by atoms with Crippen molar-refractivity contribution in [3.05, 3.63) is 53.7 Å². The first-order valence-corrected chi connectivity index (χ1v) is 8.54. The molecule has 5 nitrogen and oxygen atoms in total. The van der Waals surface area contributed by atoms with Gasteiger partial charge in [0.25, 0.3) is 5.95 Å². The van der Waals surface area contributed by atoms with Gasteiger partial charge in [0.15, 0.2) is 0 Å². The zero-order valence-corrected chi connectivity index (χ0v) is 15.2. The summed E-state index contributed by atoms with van der Waals surface area (Å²) in [5, 5.41) is 4.09. The number of benzene rings is 1. The summed E-state index contributed by atoms with van der Waals surface area (Å²) in [5.74, 6) is -2.65. The van der Waals surface area contributed by atoms with Crippen LogP contribution in [-0.4, -0.2) is 26.9 Å². The van der Waals surface area contributed by atoms with Gasteiger partial charge in [-0.15, -0.1) is 0 Å². The van der Waals surface area contributed by atoms with E-state index in [4.69, 9.17) is 4.74 Å². The first kappa shape index (κ1) is 18.9. The second-order valence-corrected chi connectivity index (χ2v) is 6.27. The summed E-state index contributed by atoms with van der Waals surface area (Å²) < 4.78 is 49.1. The molecule has 0 fully saturated rings. The van der Waals surface area contributed by atoms with Gasteiger partial charge in [0.1, 0.15) is 17.5 Å². The predicted octanol–water partition coefficient (Wildman–Crippen LogP) is 4.34. The van der Waals surface area contributed by atoms with E-state index in [1.807, 2.05) is 13.8 Å². The van der Waals surface area contributed by atoms with Crippen molar-refractivity contribution in [2.75, 3.05) is 7.11 Å². The summed E-state index contributed by atoms with van der Waals surface area (Å²) in [6.45, 7) is 4.01. The zero-order valence-electron chi connectivity index (χ0n) is 15.2. The van der Waals surface area contributed by atoms with Crippen molar-refractivity contribution in [1.29, 1.82) is 0 Å². The minimum absolute atomic E-state index is 0.00166. The molecule has 142 valence electrons. The summed E-state index contributed by atoms with van der Waals surface area (Å²) in [5.41, 5.74) is 0.0911. The molecule has 0 saturated carbocycles. The molecule has 0 amide bonds. The van der Waals surface area contributed by atoms with Crippen molar-refractivity contribution in [2.24, 2.45) is 5.92 Å². The van der Waals surface area contributed by atoms with E-state index in [2.05, 4.69) is 15.1 Å². The summed E-state index contributed by atoms with van der Waals surface area (Å²) in [4.78, 5) is 8.72. The van der Waals surface area contributed by atoms with Crippen LogP contribution in [0.3, 0.4) is 0 Å². The first-order chi connectivity index (χ1) is 12.9. The molecule has 2 heterocycles. The normalized spacial score (nSPS) is 12.2. The standard InChI is InChI=1S/C19H19F3N4O/c1-4-11(2)8-15-17(16-13(21)9-12(20)10-14(16)22)18(27-3)25-19(24-15)26-7-5-6-23-26/h5-7,9-11H,4,8H2,1-3H3. The van der Waals surface area contributed by atoms with Crippen molar-refractivity contribution < 1.29 is 17.9 Å². The maximum atomic E-state index is 14.5. The van der Waals surface area contributed by atoms with Crippen molar-refractivity contribution in [3.8, 4) is 23.0 Å². The molecule has 0 spiro atoms. The second-order valence-electron chi connectivity index (χ2n) is 6.27. The lowest BCUT2D eigenvalue weighted by molar-refractivity contribution is 0.395. The molecule has 0 bridgehead atoms. The highest BCUT2D eigenvalue weighted by atomic mass is 19.1. The zero-order chi connectivity index (χ0) is 19.6. The molecule has 0 aliphatic carbocycles.